The molecule has 0 radical (unpaired) electrons. The lowest BCUT2D eigenvalue weighted by Crippen LogP contribution is -2.35. The van der Waals surface area contributed by atoms with Gasteiger partial charge in [-0.2, -0.15) is 0 Å². The largest absolute Gasteiger partial charge is 0.378 e. The average Bonchev–Trinajstić information content (AvgIpc) is 2.39. The van der Waals surface area contributed by atoms with Crippen molar-refractivity contribution in [1.82, 2.24) is 0 Å². The van der Waals surface area contributed by atoms with E-state index in [0.717, 1.165) is 12.5 Å². The zero-order valence-corrected chi connectivity index (χ0v) is 13.9. The van der Waals surface area contributed by atoms with Crippen LogP contribution >= 0.6 is 0 Å². The van der Waals surface area contributed by atoms with Crippen molar-refractivity contribution in [3.63, 3.8) is 0 Å². The molecule has 2 nitrogen and oxygen atoms in total. The van der Waals surface area contributed by atoms with Crippen LogP contribution in [0.5, 0.6) is 0 Å². The standard InChI is InChI=1S/C18H37NO/c1-3-5-6-7-8-9-10-11-12-17(19)13-16-14-18(15-16)20-4-2/h16-18H,3-15,19H2,1-2H3. The maximum atomic E-state index is 6.24. The maximum absolute atomic E-state index is 6.24. The molecule has 1 aliphatic carbocycles. The molecule has 0 aliphatic heterocycles. The van der Waals surface area contributed by atoms with Gasteiger partial charge in [-0.25, -0.2) is 0 Å². The maximum Gasteiger partial charge on any atom is 0.0580 e. The van der Waals surface area contributed by atoms with Crippen LogP contribution in [0.15, 0.2) is 0 Å². The first kappa shape index (κ1) is 18.0. The van der Waals surface area contributed by atoms with Crippen molar-refractivity contribution in [3.8, 4) is 0 Å². The molecule has 2 N–H and O–H groups in total. The zero-order chi connectivity index (χ0) is 14.6. The summed E-state index contributed by atoms with van der Waals surface area (Å²) in [4.78, 5) is 0. The van der Waals surface area contributed by atoms with Gasteiger partial charge in [-0.1, -0.05) is 58.3 Å². The Kier molecular flexibility index (Phi) is 10.4. The van der Waals surface area contributed by atoms with Gasteiger partial charge in [0, 0.05) is 12.6 Å². The van der Waals surface area contributed by atoms with Gasteiger partial charge >= 0.3 is 0 Å². The molecule has 0 aromatic carbocycles. The van der Waals surface area contributed by atoms with Crippen molar-refractivity contribution in [1.29, 1.82) is 0 Å². The molecule has 0 amide bonds. The molecule has 0 aromatic heterocycles. The molecule has 0 aromatic rings. The van der Waals surface area contributed by atoms with Gasteiger partial charge in [0.15, 0.2) is 0 Å². The van der Waals surface area contributed by atoms with E-state index in [9.17, 15) is 0 Å². The van der Waals surface area contributed by atoms with Crippen molar-refractivity contribution in [2.45, 2.75) is 103 Å². The van der Waals surface area contributed by atoms with Gasteiger partial charge in [0.25, 0.3) is 0 Å². The van der Waals surface area contributed by atoms with Crippen molar-refractivity contribution >= 4 is 0 Å². The van der Waals surface area contributed by atoms with Crippen molar-refractivity contribution in [3.05, 3.63) is 0 Å². The van der Waals surface area contributed by atoms with Crippen LogP contribution in [0.3, 0.4) is 0 Å². The van der Waals surface area contributed by atoms with E-state index in [1.807, 2.05) is 0 Å². The summed E-state index contributed by atoms with van der Waals surface area (Å²) in [5.74, 6) is 0.843. The Labute approximate surface area is 126 Å². The number of hydrogen-bond acceptors (Lipinski definition) is 2. The Hall–Kier alpha value is -0.0800. The molecule has 0 heterocycles. The van der Waals surface area contributed by atoms with Crippen LogP contribution < -0.4 is 5.73 Å². The molecule has 120 valence electrons. The van der Waals surface area contributed by atoms with Crippen LogP contribution in [-0.4, -0.2) is 18.8 Å². The van der Waals surface area contributed by atoms with Gasteiger partial charge in [-0.3, -0.25) is 0 Å². The monoisotopic (exact) mass is 283 g/mol. The highest BCUT2D eigenvalue weighted by molar-refractivity contribution is 4.83. The minimum Gasteiger partial charge on any atom is -0.378 e. The predicted molar refractivity (Wildman–Crippen MR) is 88.0 cm³/mol. The minimum atomic E-state index is 0.433. The van der Waals surface area contributed by atoms with Crippen LogP contribution in [-0.2, 0) is 4.74 Å². The van der Waals surface area contributed by atoms with E-state index in [1.165, 1.54) is 77.0 Å². The third-order valence-corrected chi connectivity index (χ3v) is 4.66. The third-order valence-electron chi connectivity index (χ3n) is 4.66. The van der Waals surface area contributed by atoms with Crippen LogP contribution in [0.25, 0.3) is 0 Å². The molecule has 1 aliphatic rings. The quantitative estimate of drug-likeness (QED) is 0.480. The van der Waals surface area contributed by atoms with E-state index >= 15 is 0 Å². The Balaban J connectivity index is 1.83. The zero-order valence-electron chi connectivity index (χ0n) is 13.9. The molecule has 0 saturated heterocycles. The topological polar surface area (TPSA) is 35.2 Å². The van der Waals surface area contributed by atoms with Crippen LogP contribution in [0.4, 0.5) is 0 Å². The molecule has 1 fully saturated rings. The van der Waals surface area contributed by atoms with Crippen molar-refractivity contribution in [2.24, 2.45) is 11.7 Å². The molecule has 0 bridgehead atoms. The second kappa shape index (κ2) is 11.6. The first-order valence-corrected chi connectivity index (χ1v) is 9.13. The Morgan fingerprint density at radius 3 is 2.15 bits per heavy atom. The second-order valence-corrected chi connectivity index (χ2v) is 6.67. The fraction of sp³-hybridized carbons (Fsp3) is 1.00. The molecule has 1 atom stereocenters. The second-order valence-electron chi connectivity index (χ2n) is 6.67. The minimum absolute atomic E-state index is 0.433. The van der Waals surface area contributed by atoms with Gasteiger partial charge in [-0.05, 0) is 38.5 Å². The van der Waals surface area contributed by atoms with Gasteiger partial charge in [0.05, 0.1) is 6.10 Å². The fourth-order valence-corrected chi connectivity index (χ4v) is 3.33. The van der Waals surface area contributed by atoms with Gasteiger partial charge in [0.1, 0.15) is 0 Å². The van der Waals surface area contributed by atoms with Crippen LogP contribution in [0.1, 0.15) is 90.9 Å². The number of unbranched alkanes of at least 4 members (excludes halogenated alkanes) is 7. The molecule has 1 saturated carbocycles. The Morgan fingerprint density at radius 1 is 0.950 bits per heavy atom. The van der Waals surface area contributed by atoms with E-state index in [-0.39, 0.29) is 0 Å². The summed E-state index contributed by atoms with van der Waals surface area (Å²) in [5, 5.41) is 0. The Bertz CT molecular complexity index is 213. The fourth-order valence-electron chi connectivity index (χ4n) is 3.33. The molecule has 0 spiro atoms. The number of rotatable bonds is 13. The molecular weight excluding hydrogens is 246 g/mol. The van der Waals surface area contributed by atoms with Crippen LogP contribution in [0.2, 0.25) is 0 Å². The van der Waals surface area contributed by atoms with E-state index in [0.29, 0.717) is 12.1 Å². The van der Waals surface area contributed by atoms with Gasteiger partial charge in [0.2, 0.25) is 0 Å². The van der Waals surface area contributed by atoms with E-state index in [2.05, 4.69) is 13.8 Å². The van der Waals surface area contributed by atoms with Crippen LogP contribution in [0, 0.1) is 5.92 Å². The summed E-state index contributed by atoms with van der Waals surface area (Å²) in [5.41, 5.74) is 6.24. The highest BCUT2D eigenvalue weighted by Gasteiger charge is 2.30. The first-order valence-electron chi connectivity index (χ1n) is 9.13. The average molecular weight is 284 g/mol. The Morgan fingerprint density at radius 2 is 1.55 bits per heavy atom. The summed E-state index contributed by atoms with van der Waals surface area (Å²) in [6.45, 7) is 5.23. The molecule has 1 rings (SSSR count). The van der Waals surface area contributed by atoms with E-state index in [4.69, 9.17) is 10.5 Å². The first-order chi connectivity index (χ1) is 9.76. The highest BCUT2D eigenvalue weighted by Crippen LogP contribution is 2.33. The van der Waals surface area contributed by atoms with E-state index in [1.54, 1.807) is 0 Å². The lowest BCUT2D eigenvalue weighted by molar-refractivity contribution is -0.0283. The highest BCUT2D eigenvalue weighted by atomic mass is 16.5. The lowest BCUT2D eigenvalue weighted by atomic mass is 9.77. The van der Waals surface area contributed by atoms with Crippen molar-refractivity contribution < 1.29 is 4.74 Å². The summed E-state index contributed by atoms with van der Waals surface area (Å²) in [6, 6.07) is 0.433. The smallest absolute Gasteiger partial charge is 0.0580 e. The number of hydrogen-bond donors (Lipinski definition) is 1. The summed E-state index contributed by atoms with van der Waals surface area (Å²) >= 11 is 0. The molecular formula is C18H37NO. The number of nitrogens with two attached hydrogens (primary N) is 1. The lowest BCUT2D eigenvalue weighted by Gasteiger charge is -2.36. The van der Waals surface area contributed by atoms with Crippen molar-refractivity contribution in [2.75, 3.05) is 6.61 Å². The summed E-state index contributed by atoms with van der Waals surface area (Å²) < 4.78 is 5.60. The predicted octanol–water partition coefficient (Wildman–Crippen LogP) is 5.05. The number of ether oxygens (including phenoxy) is 1. The third kappa shape index (κ3) is 8.26. The molecule has 1 unspecified atom stereocenters. The SMILES string of the molecule is CCCCCCCCCCC(N)CC1CC(OCC)C1. The van der Waals surface area contributed by atoms with E-state index < -0.39 is 0 Å². The normalized spacial score (nSPS) is 23.6. The molecule has 2 heteroatoms. The van der Waals surface area contributed by atoms with Gasteiger partial charge < -0.3 is 10.5 Å². The summed E-state index contributed by atoms with van der Waals surface area (Å²) in [7, 11) is 0. The van der Waals surface area contributed by atoms with Gasteiger partial charge in [-0.15, -0.1) is 0 Å². The molecule has 20 heavy (non-hydrogen) atoms. The summed E-state index contributed by atoms with van der Waals surface area (Å²) in [6.07, 6.45) is 16.7.